The van der Waals surface area contributed by atoms with Crippen molar-refractivity contribution >= 4 is 35.0 Å². The van der Waals surface area contributed by atoms with Gasteiger partial charge in [-0.2, -0.15) is 49.0 Å². The van der Waals surface area contributed by atoms with Gasteiger partial charge in [-0.15, -0.1) is 0 Å². The summed E-state index contributed by atoms with van der Waals surface area (Å²) in [6.07, 6.45) is -10.9. The molecule has 0 aliphatic heterocycles. The highest BCUT2D eigenvalue weighted by atomic mass is 35.5. The Morgan fingerprint density at radius 2 is 1.36 bits per heavy atom. The first-order chi connectivity index (χ1) is 12.5. The summed E-state index contributed by atoms with van der Waals surface area (Å²) in [5, 5.41) is -1.89. The molecule has 0 aliphatic carbocycles. The summed E-state index contributed by atoms with van der Waals surface area (Å²) in [5.41, 5.74) is -2.50. The van der Waals surface area contributed by atoms with Crippen molar-refractivity contribution in [3.8, 4) is 11.3 Å². The fraction of sp³-hybridized carbons (Fsp3) is 0.308. The number of benzene rings is 1. The molecule has 156 valence electrons. The number of nitrogens with zero attached hydrogens (tertiary/aromatic N) is 1. The smallest absolute Gasteiger partial charge is 0.277 e. The largest absolute Gasteiger partial charge is 0.460 e. The van der Waals surface area contributed by atoms with Gasteiger partial charge in [-0.1, -0.05) is 23.2 Å². The molecule has 1 aromatic carbocycles. The van der Waals surface area contributed by atoms with Crippen molar-refractivity contribution in [3.05, 3.63) is 33.9 Å². The molecule has 28 heavy (non-hydrogen) atoms. The van der Waals surface area contributed by atoms with E-state index in [1.807, 2.05) is 5.10 Å². The minimum Gasteiger partial charge on any atom is -0.277 e. The molecule has 1 heterocycles. The van der Waals surface area contributed by atoms with Crippen molar-refractivity contribution in [1.29, 1.82) is 0 Å². The molecule has 2 nitrogen and oxygen atoms in total. The van der Waals surface area contributed by atoms with Gasteiger partial charge in [-0.05, 0) is 23.9 Å². The second kappa shape index (κ2) is 7.17. The SMILES string of the molecule is FC(F)(F)c1cc(Cl)c(-c2[nH]ncc2SC(F)(F)C(F)(F)C(F)(F)F)c(Cl)c1. The number of H-pyrrole nitrogens is 1. The molecule has 1 aromatic heterocycles. The van der Waals surface area contributed by atoms with Crippen LogP contribution in [-0.4, -0.2) is 27.6 Å². The highest BCUT2D eigenvalue weighted by molar-refractivity contribution is 8.00. The van der Waals surface area contributed by atoms with Crippen LogP contribution < -0.4 is 0 Å². The summed E-state index contributed by atoms with van der Waals surface area (Å²) in [4.78, 5) is -0.947. The van der Waals surface area contributed by atoms with Crippen LogP contribution in [0.3, 0.4) is 0 Å². The number of nitrogens with one attached hydrogen (secondary N) is 1. The number of hydrogen-bond donors (Lipinski definition) is 1. The van der Waals surface area contributed by atoms with Crippen molar-refractivity contribution in [2.24, 2.45) is 0 Å². The number of rotatable bonds is 4. The van der Waals surface area contributed by atoms with E-state index in [0.29, 0.717) is 18.3 Å². The van der Waals surface area contributed by atoms with Gasteiger partial charge in [0, 0.05) is 5.56 Å². The lowest BCUT2D eigenvalue weighted by Gasteiger charge is -2.27. The first-order valence-electron chi connectivity index (χ1n) is 6.60. The average Bonchev–Trinajstić information content (AvgIpc) is 2.91. The molecular formula is C13H4Cl2F10N2S. The van der Waals surface area contributed by atoms with Crippen molar-refractivity contribution in [3.63, 3.8) is 0 Å². The third-order valence-electron chi connectivity index (χ3n) is 3.18. The Kier molecular flexibility index (Phi) is 5.87. The van der Waals surface area contributed by atoms with Crippen molar-refractivity contribution in [2.75, 3.05) is 0 Å². The van der Waals surface area contributed by atoms with Crippen molar-refractivity contribution in [1.82, 2.24) is 10.2 Å². The van der Waals surface area contributed by atoms with Gasteiger partial charge >= 0.3 is 23.5 Å². The normalized spacial score (nSPS) is 13.9. The van der Waals surface area contributed by atoms with Crippen LogP contribution in [0.1, 0.15) is 5.56 Å². The van der Waals surface area contributed by atoms with E-state index in [2.05, 4.69) is 5.10 Å². The molecule has 0 saturated heterocycles. The summed E-state index contributed by atoms with van der Waals surface area (Å²) in [6.45, 7) is 0. The molecule has 15 heteroatoms. The second-order valence-corrected chi connectivity index (χ2v) is 7.08. The topological polar surface area (TPSA) is 28.7 Å². The van der Waals surface area contributed by atoms with Crippen LogP contribution >= 0.6 is 35.0 Å². The third kappa shape index (κ3) is 4.15. The van der Waals surface area contributed by atoms with Gasteiger partial charge < -0.3 is 0 Å². The van der Waals surface area contributed by atoms with E-state index in [0.717, 1.165) is 0 Å². The third-order valence-corrected chi connectivity index (χ3v) is 4.82. The maximum atomic E-state index is 13.6. The van der Waals surface area contributed by atoms with Gasteiger partial charge in [0.25, 0.3) is 0 Å². The highest BCUT2D eigenvalue weighted by Crippen LogP contribution is 2.55. The van der Waals surface area contributed by atoms with E-state index in [1.54, 1.807) is 0 Å². The Hall–Kier alpha value is -1.34. The van der Waals surface area contributed by atoms with E-state index < -0.39 is 67.1 Å². The van der Waals surface area contributed by atoms with Crippen LogP contribution in [0.25, 0.3) is 11.3 Å². The zero-order valence-corrected chi connectivity index (χ0v) is 15.0. The van der Waals surface area contributed by atoms with Gasteiger partial charge in [-0.3, -0.25) is 5.10 Å². The molecule has 0 fully saturated rings. The predicted octanol–water partition coefficient (Wildman–Crippen LogP) is 7.28. The molecule has 1 N–H and O–H groups in total. The first-order valence-corrected chi connectivity index (χ1v) is 8.17. The lowest BCUT2D eigenvalue weighted by Crippen LogP contribution is -2.49. The van der Waals surface area contributed by atoms with Crippen LogP contribution in [0.2, 0.25) is 10.0 Å². The standard InChI is InChI=1S/C13H4Cl2F10N2S/c14-5-1-4(10(16,17)18)2-6(15)8(5)9-7(3-26-27-9)28-13(24,25)11(19,20)12(21,22)23/h1-3H,(H,26,27). The van der Waals surface area contributed by atoms with Crippen LogP contribution in [0.5, 0.6) is 0 Å². The maximum Gasteiger partial charge on any atom is 0.460 e. The van der Waals surface area contributed by atoms with E-state index >= 15 is 0 Å². The number of halogens is 12. The van der Waals surface area contributed by atoms with Gasteiger partial charge in [0.2, 0.25) is 0 Å². The Morgan fingerprint density at radius 3 is 1.79 bits per heavy atom. The molecule has 2 rings (SSSR count). The lowest BCUT2D eigenvalue weighted by molar-refractivity contribution is -0.330. The Morgan fingerprint density at radius 1 is 0.857 bits per heavy atom. The number of thioether (sulfide) groups is 1. The number of alkyl halides is 10. The number of aromatic nitrogens is 2. The van der Waals surface area contributed by atoms with Gasteiger partial charge in [-0.25, -0.2) is 0 Å². The molecule has 0 saturated carbocycles. The van der Waals surface area contributed by atoms with Crippen LogP contribution in [-0.2, 0) is 6.18 Å². The molecule has 0 amide bonds. The zero-order valence-electron chi connectivity index (χ0n) is 12.6. The van der Waals surface area contributed by atoms with E-state index in [4.69, 9.17) is 23.2 Å². The quantitative estimate of drug-likeness (QED) is 0.367. The Bertz CT molecular complexity index is 852. The second-order valence-electron chi connectivity index (χ2n) is 5.11. The van der Waals surface area contributed by atoms with Crippen LogP contribution in [0.15, 0.2) is 23.2 Å². The number of hydrogen-bond acceptors (Lipinski definition) is 2. The minimum atomic E-state index is -6.56. The van der Waals surface area contributed by atoms with Gasteiger partial charge in [0.1, 0.15) is 0 Å². The summed E-state index contributed by atoms with van der Waals surface area (Å²) < 4.78 is 128. The average molecular weight is 481 g/mol. The Labute approximate surface area is 163 Å². The zero-order chi connectivity index (χ0) is 21.7. The summed E-state index contributed by atoms with van der Waals surface area (Å²) >= 11 is 10.2. The minimum absolute atomic E-state index is 0.376. The van der Waals surface area contributed by atoms with Crippen molar-refractivity contribution < 1.29 is 43.9 Å². The van der Waals surface area contributed by atoms with Crippen LogP contribution in [0.4, 0.5) is 43.9 Å². The van der Waals surface area contributed by atoms with E-state index in [-0.39, 0.29) is 0 Å². The monoisotopic (exact) mass is 480 g/mol. The predicted molar refractivity (Wildman–Crippen MR) is 80.9 cm³/mol. The number of aromatic amines is 1. The highest BCUT2D eigenvalue weighted by Gasteiger charge is 2.73. The summed E-state index contributed by atoms with van der Waals surface area (Å²) in [5.74, 6) is -6.41. The van der Waals surface area contributed by atoms with Gasteiger partial charge in [0.05, 0.1) is 32.4 Å². The molecule has 0 atom stereocenters. The maximum absolute atomic E-state index is 13.6. The molecular weight excluding hydrogens is 477 g/mol. The fourth-order valence-electron chi connectivity index (χ4n) is 1.87. The fourth-order valence-corrected chi connectivity index (χ4v) is 3.43. The molecule has 0 radical (unpaired) electrons. The van der Waals surface area contributed by atoms with E-state index in [9.17, 15) is 43.9 Å². The molecule has 2 aromatic rings. The van der Waals surface area contributed by atoms with E-state index in [1.165, 1.54) is 0 Å². The molecule has 0 bridgehead atoms. The lowest BCUT2D eigenvalue weighted by atomic mass is 10.1. The summed E-state index contributed by atoms with van der Waals surface area (Å²) in [7, 11) is 0. The van der Waals surface area contributed by atoms with Crippen LogP contribution in [0, 0.1) is 0 Å². The van der Waals surface area contributed by atoms with Gasteiger partial charge in [0.15, 0.2) is 0 Å². The molecule has 0 aliphatic rings. The van der Waals surface area contributed by atoms with Crippen molar-refractivity contribution in [2.45, 2.75) is 28.4 Å². The Balaban J connectivity index is 2.51. The molecule has 0 unspecified atom stereocenters. The molecule has 0 spiro atoms. The first kappa shape index (κ1) is 22.9. The summed E-state index contributed by atoms with van der Waals surface area (Å²) in [6, 6.07) is 0.751.